The van der Waals surface area contributed by atoms with Crippen LogP contribution in [0.2, 0.25) is 0 Å². The molecular weight excluding hydrogens is 254 g/mol. The molecule has 2 heterocycles. The number of nitrogens with one attached hydrogen (secondary N) is 2. The number of ether oxygens (including phenoxy) is 1. The van der Waals surface area contributed by atoms with Crippen molar-refractivity contribution in [3.05, 3.63) is 0 Å². The van der Waals surface area contributed by atoms with E-state index >= 15 is 0 Å². The predicted molar refractivity (Wildman–Crippen MR) is 79.7 cm³/mol. The molecule has 2 N–H and O–H groups in total. The van der Waals surface area contributed by atoms with Gasteiger partial charge in [0.15, 0.2) is 0 Å². The molecule has 20 heavy (non-hydrogen) atoms. The topological polar surface area (TPSA) is 53.6 Å². The Morgan fingerprint density at radius 1 is 1.40 bits per heavy atom. The van der Waals surface area contributed by atoms with Gasteiger partial charge in [0.2, 0.25) is 5.91 Å². The maximum atomic E-state index is 11.8. The van der Waals surface area contributed by atoms with Crippen LogP contribution in [0.4, 0.5) is 0 Å². The van der Waals surface area contributed by atoms with E-state index in [4.69, 9.17) is 4.74 Å². The Morgan fingerprint density at radius 3 is 2.95 bits per heavy atom. The summed E-state index contributed by atoms with van der Waals surface area (Å²) in [6.07, 6.45) is 3.23. The molecular formula is C15H29N3O2. The zero-order valence-corrected chi connectivity index (χ0v) is 13.1. The maximum Gasteiger partial charge on any atom is 0.221 e. The lowest BCUT2D eigenvalue weighted by Gasteiger charge is -2.35. The summed E-state index contributed by atoms with van der Waals surface area (Å²) >= 11 is 0. The fourth-order valence-corrected chi connectivity index (χ4v) is 2.88. The standard InChI is InChI=1S/C15H29N3O2/c1-15(2,3)17-7-6-14(19)16-9-13-10-18-8-4-5-12(18)11-20-13/h12-13,17H,4-11H2,1-3H3,(H,16,19). The van der Waals surface area contributed by atoms with Gasteiger partial charge in [0.25, 0.3) is 0 Å². The van der Waals surface area contributed by atoms with Crippen LogP contribution >= 0.6 is 0 Å². The number of nitrogens with zero attached hydrogens (tertiary/aromatic N) is 1. The Bertz CT molecular complexity index is 328. The van der Waals surface area contributed by atoms with E-state index in [0.717, 1.165) is 19.7 Å². The van der Waals surface area contributed by atoms with Gasteiger partial charge in [0.05, 0.1) is 12.7 Å². The first-order valence-electron chi connectivity index (χ1n) is 7.81. The number of amides is 1. The van der Waals surface area contributed by atoms with E-state index in [1.807, 2.05) is 0 Å². The van der Waals surface area contributed by atoms with Gasteiger partial charge in [-0.1, -0.05) is 0 Å². The molecule has 1 amide bonds. The summed E-state index contributed by atoms with van der Waals surface area (Å²) in [5.41, 5.74) is 0.0670. The Morgan fingerprint density at radius 2 is 2.20 bits per heavy atom. The van der Waals surface area contributed by atoms with Crippen LogP contribution in [0, 0.1) is 0 Å². The first-order chi connectivity index (χ1) is 9.44. The molecule has 116 valence electrons. The van der Waals surface area contributed by atoms with Crippen LogP contribution in [0.5, 0.6) is 0 Å². The number of carbonyl (C=O) groups excluding carboxylic acids is 1. The first kappa shape index (κ1) is 15.7. The quantitative estimate of drug-likeness (QED) is 0.781. The van der Waals surface area contributed by atoms with Crippen molar-refractivity contribution in [2.45, 2.75) is 57.7 Å². The van der Waals surface area contributed by atoms with Gasteiger partial charge in [-0.05, 0) is 40.2 Å². The van der Waals surface area contributed by atoms with E-state index in [9.17, 15) is 4.79 Å². The molecule has 0 radical (unpaired) electrons. The lowest BCUT2D eigenvalue weighted by Crippen LogP contribution is -2.50. The van der Waals surface area contributed by atoms with Gasteiger partial charge in [0, 0.05) is 37.6 Å². The van der Waals surface area contributed by atoms with Crippen molar-refractivity contribution in [3.63, 3.8) is 0 Å². The predicted octanol–water partition coefficient (Wildman–Crippen LogP) is 0.744. The Balaban J connectivity index is 1.59. The number of rotatable bonds is 5. The lowest BCUT2D eigenvalue weighted by atomic mass is 10.1. The molecule has 0 aromatic heterocycles. The summed E-state index contributed by atoms with van der Waals surface area (Å²) in [7, 11) is 0. The molecule has 5 nitrogen and oxygen atoms in total. The zero-order valence-electron chi connectivity index (χ0n) is 13.1. The van der Waals surface area contributed by atoms with Crippen molar-refractivity contribution in [3.8, 4) is 0 Å². The van der Waals surface area contributed by atoms with Crippen LogP contribution in [0.3, 0.4) is 0 Å². The van der Waals surface area contributed by atoms with Crippen LogP contribution in [0.15, 0.2) is 0 Å². The molecule has 5 heteroatoms. The van der Waals surface area contributed by atoms with Crippen molar-refractivity contribution >= 4 is 5.91 Å². The van der Waals surface area contributed by atoms with Gasteiger partial charge < -0.3 is 15.4 Å². The third-order valence-electron chi connectivity index (χ3n) is 4.00. The molecule has 2 rings (SSSR count). The van der Waals surface area contributed by atoms with Crippen molar-refractivity contribution in [2.24, 2.45) is 0 Å². The van der Waals surface area contributed by atoms with E-state index in [0.29, 0.717) is 19.0 Å². The number of hydrogen-bond acceptors (Lipinski definition) is 4. The highest BCUT2D eigenvalue weighted by Crippen LogP contribution is 2.22. The van der Waals surface area contributed by atoms with Gasteiger partial charge in [-0.3, -0.25) is 9.69 Å². The average Bonchev–Trinajstić information content (AvgIpc) is 2.82. The second-order valence-corrected chi connectivity index (χ2v) is 6.98. The highest BCUT2D eigenvalue weighted by molar-refractivity contribution is 5.76. The fraction of sp³-hybridized carbons (Fsp3) is 0.933. The molecule has 2 fully saturated rings. The van der Waals surface area contributed by atoms with Crippen molar-refractivity contribution in [1.82, 2.24) is 15.5 Å². The molecule has 2 atom stereocenters. The second-order valence-electron chi connectivity index (χ2n) is 6.98. The Kier molecular flexibility index (Phi) is 5.41. The molecule has 2 aliphatic rings. The average molecular weight is 283 g/mol. The van der Waals surface area contributed by atoms with Crippen LogP contribution in [-0.2, 0) is 9.53 Å². The summed E-state index contributed by atoms with van der Waals surface area (Å²) in [5.74, 6) is 0.105. The third-order valence-corrected chi connectivity index (χ3v) is 4.00. The summed E-state index contributed by atoms with van der Waals surface area (Å²) in [6.45, 7) is 10.6. The minimum Gasteiger partial charge on any atom is -0.373 e. The molecule has 0 aromatic rings. The number of fused-ring (bicyclic) bond motifs is 1. The monoisotopic (exact) mass is 283 g/mol. The van der Waals surface area contributed by atoms with Gasteiger partial charge >= 0.3 is 0 Å². The summed E-state index contributed by atoms with van der Waals surface area (Å²) in [5, 5.41) is 6.31. The molecule has 0 aliphatic carbocycles. The van der Waals surface area contributed by atoms with E-state index in [1.165, 1.54) is 19.4 Å². The van der Waals surface area contributed by atoms with E-state index < -0.39 is 0 Å². The minimum atomic E-state index is 0.0670. The van der Waals surface area contributed by atoms with E-state index in [1.54, 1.807) is 0 Å². The van der Waals surface area contributed by atoms with Crippen LogP contribution in [0.25, 0.3) is 0 Å². The first-order valence-corrected chi connectivity index (χ1v) is 7.81. The smallest absolute Gasteiger partial charge is 0.221 e. The molecule has 0 spiro atoms. The summed E-state index contributed by atoms with van der Waals surface area (Å²) < 4.78 is 5.83. The highest BCUT2D eigenvalue weighted by atomic mass is 16.5. The normalized spacial score (nSPS) is 27.4. The van der Waals surface area contributed by atoms with E-state index in [-0.39, 0.29) is 17.6 Å². The number of carbonyl (C=O) groups is 1. The summed E-state index contributed by atoms with van der Waals surface area (Å²) in [4.78, 5) is 14.3. The fourth-order valence-electron chi connectivity index (χ4n) is 2.88. The maximum absolute atomic E-state index is 11.8. The van der Waals surface area contributed by atoms with Crippen molar-refractivity contribution in [2.75, 3.05) is 32.8 Å². The van der Waals surface area contributed by atoms with Gasteiger partial charge in [0.1, 0.15) is 0 Å². The molecule has 2 unspecified atom stereocenters. The summed E-state index contributed by atoms with van der Waals surface area (Å²) in [6, 6.07) is 0.623. The van der Waals surface area contributed by atoms with Gasteiger partial charge in [-0.15, -0.1) is 0 Å². The third kappa shape index (κ3) is 5.04. The van der Waals surface area contributed by atoms with Crippen LogP contribution in [-0.4, -0.2) is 61.3 Å². The second kappa shape index (κ2) is 6.87. The SMILES string of the molecule is CC(C)(C)NCCC(=O)NCC1CN2CCCC2CO1. The molecule has 2 saturated heterocycles. The molecule has 0 aromatic carbocycles. The van der Waals surface area contributed by atoms with E-state index in [2.05, 4.69) is 36.3 Å². The largest absolute Gasteiger partial charge is 0.373 e. The zero-order chi connectivity index (χ0) is 14.6. The molecule has 0 bridgehead atoms. The van der Waals surface area contributed by atoms with Crippen molar-refractivity contribution in [1.29, 1.82) is 0 Å². The molecule has 2 aliphatic heterocycles. The Hall–Kier alpha value is -0.650. The molecule has 0 saturated carbocycles. The number of hydrogen-bond donors (Lipinski definition) is 2. The van der Waals surface area contributed by atoms with Crippen molar-refractivity contribution < 1.29 is 9.53 Å². The van der Waals surface area contributed by atoms with Crippen LogP contribution < -0.4 is 10.6 Å². The lowest BCUT2D eigenvalue weighted by molar-refractivity contribution is -0.122. The minimum absolute atomic E-state index is 0.0670. The highest BCUT2D eigenvalue weighted by Gasteiger charge is 2.32. The number of morpholine rings is 1. The van der Waals surface area contributed by atoms with Gasteiger partial charge in [-0.2, -0.15) is 0 Å². The van der Waals surface area contributed by atoms with Crippen LogP contribution in [0.1, 0.15) is 40.0 Å². The van der Waals surface area contributed by atoms with Gasteiger partial charge in [-0.25, -0.2) is 0 Å². The Labute approximate surface area is 122 Å².